The first-order valence-corrected chi connectivity index (χ1v) is 4.97. The van der Waals surface area contributed by atoms with Crippen molar-refractivity contribution in [1.29, 1.82) is 0 Å². The summed E-state index contributed by atoms with van der Waals surface area (Å²) in [5.41, 5.74) is 0. The van der Waals surface area contributed by atoms with E-state index in [0.717, 1.165) is 39.3 Å². The van der Waals surface area contributed by atoms with Crippen LogP contribution in [0.3, 0.4) is 0 Å². The van der Waals surface area contributed by atoms with Crippen LogP contribution in [0.4, 0.5) is 0 Å². The molecule has 78 valence electrons. The lowest BCUT2D eigenvalue weighted by Crippen LogP contribution is -2.44. The van der Waals surface area contributed by atoms with Crippen molar-refractivity contribution in [2.75, 3.05) is 53.4 Å². The molecule has 2 N–H and O–H groups in total. The molecule has 0 bridgehead atoms. The van der Waals surface area contributed by atoms with E-state index in [9.17, 15) is 0 Å². The Bertz CT molecular complexity index is 124. The fourth-order valence-electron chi connectivity index (χ4n) is 1.32. The Labute approximate surface area is 80.6 Å². The van der Waals surface area contributed by atoms with E-state index in [1.165, 1.54) is 0 Å². The van der Waals surface area contributed by atoms with Crippen LogP contribution in [-0.4, -0.2) is 64.4 Å². The number of rotatable bonds is 5. The van der Waals surface area contributed by atoms with Gasteiger partial charge in [0.15, 0.2) is 0 Å². The van der Waals surface area contributed by atoms with Gasteiger partial charge in [-0.25, -0.2) is 0 Å². The van der Waals surface area contributed by atoms with Gasteiger partial charge in [0.1, 0.15) is 0 Å². The third-order valence-electron chi connectivity index (χ3n) is 2.11. The van der Waals surface area contributed by atoms with Gasteiger partial charge >= 0.3 is 0 Å². The third-order valence-corrected chi connectivity index (χ3v) is 2.11. The highest BCUT2D eigenvalue weighted by Gasteiger charge is 2.11. The Morgan fingerprint density at radius 3 is 3.00 bits per heavy atom. The Balaban J connectivity index is 1.92. The summed E-state index contributed by atoms with van der Waals surface area (Å²) in [5.74, 6) is 0. The van der Waals surface area contributed by atoms with E-state index in [-0.39, 0.29) is 0 Å². The number of morpholine rings is 1. The van der Waals surface area contributed by atoms with Crippen molar-refractivity contribution >= 4 is 0 Å². The predicted octanol–water partition coefficient (Wildman–Crippen LogP) is -0.874. The van der Waals surface area contributed by atoms with E-state index in [1.54, 1.807) is 0 Å². The summed E-state index contributed by atoms with van der Waals surface area (Å²) in [6.07, 6.45) is 0.357. The fourth-order valence-corrected chi connectivity index (χ4v) is 1.32. The van der Waals surface area contributed by atoms with Crippen molar-refractivity contribution < 1.29 is 4.74 Å². The molecule has 1 aliphatic rings. The van der Waals surface area contributed by atoms with Crippen molar-refractivity contribution in [3.8, 4) is 0 Å². The average molecular weight is 187 g/mol. The average Bonchev–Trinajstić information content (AvgIpc) is 2.14. The van der Waals surface area contributed by atoms with E-state index >= 15 is 0 Å². The molecule has 13 heavy (non-hydrogen) atoms. The lowest BCUT2D eigenvalue weighted by molar-refractivity contribution is 0.0292. The van der Waals surface area contributed by atoms with Gasteiger partial charge in [0.05, 0.1) is 12.7 Å². The zero-order valence-electron chi connectivity index (χ0n) is 8.68. The SMILES string of the molecule is CN(C)CCNCC1CNCCO1. The van der Waals surface area contributed by atoms with Crippen molar-refractivity contribution in [1.82, 2.24) is 15.5 Å². The molecule has 1 heterocycles. The molecule has 0 aromatic rings. The lowest BCUT2D eigenvalue weighted by Gasteiger charge is -2.24. The highest BCUT2D eigenvalue weighted by Crippen LogP contribution is 1.93. The van der Waals surface area contributed by atoms with Crippen LogP contribution in [0.15, 0.2) is 0 Å². The zero-order chi connectivity index (χ0) is 9.52. The Morgan fingerprint density at radius 1 is 1.54 bits per heavy atom. The van der Waals surface area contributed by atoms with Crippen molar-refractivity contribution in [2.45, 2.75) is 6.10 Å². The normalized spacial score (nSPS) is 23.8. The van der Waals surface area contributed by atoms with Crippen LogP contribution in [0, 0.1) is 0 Å². The van der Waals surface area contributed by atoms with Crippen LogP contribution >= 0.6 is 0 Å². The monoisotopic (exact) mass is 187 g/mol. The molecule has 1 saturated heterocycles. The van der Waals surface area contributed by atoms with Crippen molar-refractivity contribution in [2.24, 2.45) is 0 Å². The second-order valence-corrected chi connectivity index (χ2v) is 3.70. The molecule has 0 amide bonds. The zero-order valence-corrected chi connectivity index (χ0v) is 8.68. The largest absolute Gasteiger partial charge is 0.374 e. The number of likely N-dealkylation sites (N-methyl/N-ethyl adjacent to an activating group) is 1. The number of nitrogens with zero attached hydrogens (tertiary/aromatic N) is 1. The molecule has 1 fully saturated rings. The Hall–Kier alpha value is -0.160. The van der Waals surface area contributed by atoms with Crippen LogP contribution in [0.25, 0.3) is 0 Å². The first kappa shape index (κ1) is 10.9. The van der Waals surface area contributed by atoms with Crippen molar-refractivity contribution in [3.63, 3.8) is 0 Å². The van der Waals surface area contributed by atoms with Gasteiger partial charge in [-0.1, -0.05) is 0 Å². The van der Waals surface area contributed by atoms with Crippen LogP contribution in [-0.2, 0) is 4.74 Å². The quantitative estimate of drug-likeness (QED) is 0.548. The van der Waals surface area contributed by atoms with E-state index in [0.29, 0.717) is 6.10 Å². The number of hydrogen-bond donors (Lipinski definition) is 2. The third kappa shape index (κ3) is 5.21. The first-order valence-electron chi connectivity index (χ1n) is 4.97. The van der Waals surface area contributed by atoms with Gasteiger partial charge in [-0.3, -0.25) is 0 Å². The van der Waals surface area contributed by atoms with Crippen molar-refractivity contribution in [3.05, 3.63) is 0 Å². The molecule has 0 radical (unpaired) electrons. The summed E-state index contributed by atoms with van der Waals surface area (Å²) in [5, 5.41) is 6.69. The summed E-state index contributed by atoms with van der Waals surface area (Å²) in [4.78, 5) is 2.17. The van der Waals surface area contributed by atoms with E-state index in [2.05, 4.69) is 29.6 Å². The molecule has 0 aliphatic carbocycles. The van der Waals surface area contributed by atoms with Gasteiger partial charge in [-0.2, -0.15) is 0 Å². The molecule has 4 heteroatoms. The van der Waals surface area contributed by atoms with Crippen LogP contribution in [0.5, 0.6) is 0 Å². The van der Waals surface area contributed by atoms with Gasteiger partial charge in [-0.05, 0) is 14.1 Å². The molecule has 0 saturated carbocycles. The Morgan fingerprint density at radius 2 is 2.38 bits per heavy atom. The van der Waals surface area contributed by atoms with E-state index in [1.807, 2.05) is 0 Å². The maximum absolute atomic E-state index is 5.55. The first-order chi connectivity index (χ1) is 6.29. The summed E-state index contributed by atoms with van der Waals surface area (Å²) in [7, 11) is 4.17. The minimum atomic E-state index is 0.357. The van der Waals surface area contributed by atoms with Gasteiger partial charge in [-0.15, -0.1) is 0 Å². The molecule has 1 aliphatic heterocycles. The second kappa shape index (κ2) is 6.32. The smallest absolute Gasteiger partial charge is 0.0824 e. The summed E-state index contributed by atoms with van der Waals surface area (Å²) in [6.45, 7) is 5.90. The fraction of sp³-hybridized carbons (Fsp3) is 1.00. The van der Waals surface area contributed by atoms with Crippen LogP contribution in [0.2, 0.25) is 0 Å². The molecule has 0 aromatic heterocycles. The topological polar surface area (TPSA) is 36.5 Å². The van der Waals surface area contributed by atoms with E-state index < -0.39 is 0 Å². The maximum Gasteiger partial charge on any atom is 0.0824 e. The van der Waals surface area contributed by atoms with E-state index in [4.69, 9.17) is 4.74 Å². The standard InChI is InChI=1S/C9H21N3O/c1-12(2)5-3-10-7-9-8-11-4-6-13-9/h9-11H,3-8H2,1-2H3. The number of nitrogens with one attached hydrogen (secondary N) is 2. The van der Waals surface area contributed by atoms with Crippen LogP contribution in [0.1, 0.15) is 0 Å². The second-order valence-electron chi connectivity index (χ2n) is 3.70. The predicted molar refractivity (Wildman–Crippen MR) is 54.0 cm³/mol. The molecule has 1 unspecified atom stereocenters. The molecular weight excluding hydrogens is 166 g/mol. The number of ether oxygens (including phenoxy) is 1. The minimum Gasteiger partial charge on any atom is -0.374 e. The summed E-state index contributed by atoms with van der Waals surface area (Å²) >= 11 is 0. The van der Waals surface area contributed by atoms with Gasteiger partial charge in [0.25, 0.3) is 0 Å². The van der Waals surface area contributed by atoms with Gasteiger partial charge in [0.2, 0.25) is 0 Å². The minimum absolute atomic E-state index is 0.357. The number of hydrogen-bond acceptors (Lipinski definition) is 4. The molecule has 0 aromatic carbocycles. The summed E-state index contributed by atoms with van der Waals surface area (Å²) < 4.78 is 5.55. The molecule has 1 rings (SSSR count). The molecular formula is C9H21N3O. The molecule has 0 spiro atoms. The lowest BCUT2D eigenvalue weighted by atomic mass is 10.3. The molecule has 4 nitrogen and oxygen atoms in total. The molecule has 1 atom stereocenters. The van der Waals surface area contributed by atoms with Gasteiger partial charge < -0.3 is 20.3 Å². The Kier molecular flexibility index (Phi) is 5.31. The maximum atomic E-state index is 5.55. The highest BCUT2D eigenvalue weighted by atomic mass is 16.5. The highest BCUT2D eigenvalue weighted by molar-refractivity contribution is 4.69. The van der Waals surface area contributed by atoms with Gasteiger partial charge in [0, 0.05) is 32.7 Å². The van der Waals surface area contributed by atoms with Crippen LogP contribution < -0.4 is 10.6 Å². The summed E-state index contributed by atoms with van der Waals surface area (Å²) in [6, 6.07) is 0.